The summed E-state index contributed by atoms with van der Waals surface area (Å²) in [5.74, 6) is 0.298. The first-order valence-corrected chi connectivity index (χ1v) is 10.6. The Morgan fingerprint density at radius 2 is 1.90 bits per heavy atom. The van der Waals surface area contributed by atoms with Crippen LogP contribution in [0.4, 0.5) is 5.95 Å². The van der Waals surface area contributed by atoms with Crippen LogP contribution in [0.25, 0.3) is 0 Å². The Morgan fingerprint density at radius 3 is 2.52 bits per heavy atom. The number of aromatic nitrogens is 2. The minimum Gasteiger partial charge on any atom is -0.550 e. The molecular formula is C22H31ClN4O4. The summed E-state index contributed by atoms with van der Waals surface area (Å²) >= 11 is 6.10. The Kier molecular flexibility index (Phi) is 9.33. The number of nitrogens with zero attached hydrogens (tertiary/aromatic N) is 3. The molecule has 9 heteroatoms. The number of aliphatic carboxylic acids is 1. The van der Waals surface area contributed by atoms with Gasteiger partial charge in [-0.1, -0.05) is 23.7 Å². The third-order valence-corrected chi connectivity index (χ3v) is 4.65. The molecule has 0 aliphatic heterocycles. The van der Waals surface area contributed by atoms with Crippen molar-refractivity contribution in [3.05, 3.63) is 41.0 Å². The zero-order valence-corrected chi connectivity index (χ0v) is 19.3. The monoisotopic (exact) mass is 450 g/mol. The summed E-state index contributed by atoms with van der Waals surface area (Å²) in [6, 6.07) is 9.16. The number of nitrogens with one attached hydrogen (secondary N) is 1. The van der Waals surface area contributed by atoms with Crippen molar-refractivity contribution in [3.63, 3.8) is 0 Å². The predicted molar refractivity (Wildman–Crippen MR) is 118 cm³/mol. The molecule has 1 aromatic heterocycles. The number of halogens is 1. The number of benzene rings is 1. The Morgan fingerprint density at radius 1 is 1.19 bits per heavy atom. The van der Waals surface area contributed by atoms with Gasteiger partial charge in [0.2, 0.25) is 11.8 Å². The van der Waals surface area contributed by atoms with Crippen LogP contribution < -0.4 is 19.9 Å². The Balaban J connectivity index is 1.87. The SMILES string of the molecule is COc1ccc(CCCCOc2cc(Cl)nc(NC(CC(=O)[O-])C[N+](C)(C)C)n2)cc1. The van der Waals surface area contributed by atoms with Crippen molar-refractivity contribution in [3.8, 4) is 11.6 Å². The van der Waals surface area contributed by atoms with Gasteiger partial charge in [0.1, 0.15) is 10.9 Å². The highest BCUT2D eigenvalue weighted by atomic mass is 35.5. The summed E-state index contributed by atoms with van der Waals surface area (Å²) in [6.45, 7) is 1.04. The lowest BCUT2D eigenvalue weighted by Crippen LogP contribution is -2.46. The summed E-state index contributed by atoms with van der Waals surface area (Å²) < 4.78 is 11.5. The second-order valence-electron chi connectivity index (χ2n) is 8.40. The number of quaternary nitrogens is 1. The zero-order chi connectivity index (χ0) is 22.9. The zero-order valence-electron chi connectivity index (χ0n) is 18.6. The molecule has 0 amide bonds. The average molecular weight is 451 g/mol. The number of likely N-dealkylation sites (N-methyl/N-ethyl adjacent to an activating group) is 1. The number of carboxylic acid groups (broad SMARTS) is 1. The standard InChI is InChI=1S/C22H31ClN4O4/c1-27(2,3)15-17(13-21(28)29)24-22-25-19(23)14-20(26-22)31-12-6-5-7-16-8-10-18(30-4)11-9-16/h8-11,14,17H,5-7,12-13,15H2,1-4H3,(H-,24,25,26,28,29). The van der Waals surface area contributed by atoms with Crippen molar-refractivity contribution in [2.75, 3.05) is 46.7 Å². The van der Waals surface area contributed by atoms with E-state index in [2.05, 4.69) is 27.4 Å². The van der Waals surface area contributed by atoms with E-state index < -0.39 is 12.0 Å². The van der Waals surface area contributed by atoms with Crippen LogP contribution in [0.1, 0.15) is 24.8 Å². The molecule has 0 spiro atoms. The fourth-order valence-electron chi connectivity index (χ4n) is 3.14. The van der Waals surface area contributed by atoms with E-state index in [4.69, 9.17) is 21.1 Å². The molecule has 0 bridgehead atoms. The van der Waals surface area contributed by atoms with E-state index in [0.29, 0.717) is 23.5 Å². The molecule has 1 N–H and O–H groups in total. The third kappa shape index (κ3) is 9.85. The fraction of sp³-hybridized carbons (Fsp3) is 0.500. The van der Waals surface area contributed by atoms with Crippen molar-refractivity contribution < 1.29 is 23.9 Å². The van der Waals surface area contributed by atoms with Crippen molar-refractivity contribution in [1.29, 1.82) is 0 Å². The maximum absolute atomic E-state index is 11.1. The predicted octanol–water partition coefficient (Wildman–Crippen LogP) is 2.17. The highest BCUT2D eigenvalue weighted by Gasteiger charge is 2.20. The number of hydrogen-bond donors (Lipinski definition) is 1. The summed E-state index contributed by atoms with van der Waals surface area (Å²) in [5.41, 5.74) is 1.24. The lowest BCUT2D eigenvalue weighted by molar-refractivity contribution is -0.870. The van der Waals surface area contributed by atoms with Gasteiger partial charge >= 0.3 is 0 Å². The molecule has 0 radical (unpaired) electrons. The van der Waals surface area contributed by atoms with Crippen LogP contribution in [0, 0.1) is 0 Å². The highest BCUT2D eigenvalue weighted by molar-refractivity contribution is 6.29. The minimum atomic E-state index is -1.14. The second-order valence-corrected chi connectivity index (χ2v) is 8.78. The molecule has 1 atom stereocenters. The van der Waals surface area contributed by atoms with E-state index in [1.165, 1.54) is 5.56 Å². The number of hydrogen-bond acceptors (Lipinski definition) is 7. The molecule has 0 saturated carbocycles. The van der Waals surface area contributed by atoms with Gasteiger partial charge in [-0.2, -0.15) is 4.98 Å². The smallest absolute Gasteiger partial charge is 0.227 e. The van der Waals surface area contributed by atoms with Gasteiger partial charge in [0.15, 0.2) is 0 Å². The molecule has 1 unspecified atom stereocenters. The van der Waals surface area contributed by atoms with E-state index in [0.717, 1.165) is 25.0 Å². The molecule has 0 saturated heterocycles. The van der Waals surface area contributed by atoms with Gasteiger partial charge in [0.05, 0.1) is 47.4 Å². The summed E-state index contributed by atoms with van der Waals surface area (Å²) in [7, 11) is 7.58. The molecule has 0 fully saturated rings. The number of aryl methyl sites for hydroxylation is 1. The van der Waals surface area contributed by atoms with E-state index in [-0.39, 0.29) is 17.5 Å². The molecule has 0 aliphatic carbocycles. The lowest BCUT2D eigenvalue weighted by atomic mass is 10.1. The second kappa shape index (κ2) is 11.7. The van der Waals surface area contributed by atoms with Crippen LogP contribution in [0.3, 0.4) is 0 Å². The number of carbonyl (C=O) groups excluding carboxylic acids is 1. The van der Waals surface area contributed by atoms with Crippen LogP contribution >= 0.6 is 11.6 Å². The van der Waals surface area contributed by atoms with Crippen LogP contribution in [0.5, 0.6) is 11.6 Å². The van der Waals surface area contributed by atoms with Gasteiger partial charge < -0.3 is 29.2 Å². The Bertz CT molecular complexity index is 840. The number of carbonyl (C=O) groups is 1. The number of unbranched alkanes of at least 4 members (excludes halogenated alkanes) is 1. The molecule has 2 rings (SSSR count). The first-order chi connectivity index (χ1) is 14.6. The number of rotatable bonds is 13. The van der Waals surface area contributed by atoms with Gasteiger partial charge in [-0.3, -0.25) is 0 Å². The van der Waals surface area contributed by atoms with Crippen molar-refractivity contribution in [2.45, 2.75) is 31.7 Å². The van der Waals surface area contributed by atoms with Crippen LogP contribution in [-0.2, 0) is 11.2 Å². The van der Waals surface area contributed by atoms with Crippen molar-refractivity contribution in [2.24, 2.45) is 0 Å². The van der Waals surface area contributed by atoms with E-state index in [1.54, 1.807) is 13.2 Å². The van der Waals surface area contributed by atoms with Crippen molar-refractivity contribution in [1.82, 2.24) is 9.97 Å². The lowest BCUT2D eigenvalue weighted by Gasteiger charge is -2.30. The Labute approximate surface area is 188 Å². The number of ether oxygens (including phenoxy) is 2. The number of carboxylic acids is 1. The van der Waals surface area contributed by atoms with Crippen LogP contribution in [-0.4, -0.2) is 67.9 Å². The molecule has 8 nitrogen and oxygen atoms in total. The third-order valence-electron chi connectivity index (χ3n) is 4.45. The fourth-order valence-corrected chi connectivity index (χ4v) is 3.32. The van der Waals surface area contributed by atoms with Crippen LogP contribution in [0.15, 0.2) is 30.3 Å². The van der Waals surface area contributed by atoms with E-state index >= 15 is 0 Å². The molecule has 31 heavy (non-hydrogen) atoms. The molecule has 1 heterocycles. The summed E-state index contributed by atoms with van der Waals surface area (Å²) in [6.07, 6.45) is 2.60. The molecule has 2 aromatic rings. The molecule has 170 valence electrons. The van der Waals surface area contributed by atoms with Gasteiger partial charge in [0.25, 0.3) is 0 Å². The first kappa shape index (κ1) is 24.7. The van der Waals surface area contributed by atoms with Gasteiger partial charge in [0, 0.05) is 18.5 Å². The maximum Gasteiger partial charge on any atom is 0.227 e. The Hall–Kier alpha value is -2.58. The molecule has 0 aliphatic rings. The number of anilines is 1. The van der Waals surface area contributed by atoms with E-state index in [9.17, 15) is 9.90 Å². The van der Waals surface area contributed by atoms with Gasteiger partial charge in [-0.25, -0.2) is 4.98 Å². The molecular weight excluding hydrogens is 420 g/mol. The van der Waals surface area contributed by atoms with Crippen molar-refractivity contribution >= 4 is 23.5 Å². The molecule has 1 aromatic carbocycles. The largest absolute Gasteiger partial charge is 0.550 e. The van der Waals surface area contributed by atoms with Gasteiger partial charge in [-0.15, -0.1) is 0 Å². The highest BCUT2D eigenvalue weighted by Crippen LogP contribution is 2.18. The van der Waals surface area contributed by atoms with E-state index in [1.807, 2.05) is 33.3 Å². The minimum absolute atomic E-state index is 0.160. The summed E-state index contributed by atoms with van der Waals surface area (Å²) in [5, 5.41) is 14.4. The topological polar surface area (TPSA) is 96.4 Å². The number of methoxy groups -OCH3 is 1. The average Bonchev–Trinajstić information content (AvgIpc) is 2.66. The first-order valence-electron chi connectivity index (χ1n) is 10.2. The van der Waals surface area contributed by atoms with Gasteiger partial charge in [-0.05, 0) is 37.0 Å². The summed E-state index contributed by atoms with van der Waals surface area (Å²) in [4.78, 5) is 19.6. The maximum atomic E-state index is 11.1. The normalized spacial score (nSPS) is 12.3. The van der Waals surface area contributed by atoms with Crippen LogP contribution in [0.2, 0.25) is 5.15 Å². The quantitative estimate of drug-likeness (QED) is 0.284.